The van der Waals surface area contributed by atoms with Crippen LogP contribution >= 0.6 is 11.8 Å². The highest BCUT2D eigenvalue weighted by Crippen LogP contribution is 2.39. The van der Waals surface area contributed by atoms with Gasteiger partial charge in [-0.1, -0.05) is 6.92 Å². The van der Waals surface area contributed by atoms with Gasteiger partial charge >= 0.3 is 6.18 Å². The largest absolute Gasteiger partial charge is 0.418 e. The molecule has 1 aliphatic rings. The first-order chi connectivity index (χ1) is 14.4. The Hall–Kier alpha value is -2.43. The minimum atomic E-state index is -4.71. The molecule has 0 radical (unpaired) electrons. The topological polar surface area (TPSA) is 58.1 Å². The van der Waals surface area contributed by atoms with Gasteiger partial charge in [-0.3, -0.25) is 4.79 Å². The highest BCUT2D eigenvalue weighted by molar-refractivity contribution is 7.98. The Kier molecular flexibility index (Phi) is 6.45. The van der Waals surface area contributed by atoms with Crippen LogP contribution in [0.1, 0.15) is 34.8 Å². The molecule has 1 atom stereocenters. The van der Waals surface area contributed by atoms with Crippen molar-refractivity contribution in [1.82, 2.24) is 9.97 Å². The Morgan fingerprint density at radius 2 is 2.03 bits per heavy atom. The zero-order valence-corrected chi connectivity index (χ0v) is 17.9. The molecule has 5 nitrogen and oxygen atoms in total. The number of hydrogen-bond acceptors (Lipinski definition) is 5. The van der Waals surface area contributed by atoms with Gasteiger partial charge < -0.3 is 10.2 Å². The van der Waals surface area contributed by atoms with Crippen LogP contribution in [-0.2, 0) is 6.18 Å². The van der Waals surface area contributed by atoms with Crippen molar-refractivity contribution in [3.63, 3.8) is 0 Å². The minimum Gasteiger partial charge on any atom is -0.355 e. The van der Waals surface area contributed by atoms with E-state index in [9.17, 15) is 26.7 Å². The summed E-state index contributed by atoms with van der Waals surface area (Å²) in [5.41, 5.74) is -1.28. The number of carbonyl (C=O) groups is 1. The van der Waals surface area contributed by atoms with E-state index in [1.54, 1.807) is 12.3 Å². The second-order valence-electron chi connectivity index (χ2n) is 7.39. The predicted octanol–water partition coefficient (Wildman–Crippen LogP) is 5.26. The summed E-state index contributed by atoms with van der Waals surface area (Å²) in [6, 6.07) is 3.10. The molecule has 0 spiro atoms. The van der Waals surface area contributed by atoms with E-state index in [0.717, 1.165) is 0 Å². The van der Waals surface area contributed by atoms with Crippen molar-refractivity contribution in [2.24, 2.45) is 5.92 Å². The van der Waals surface area contributed by atoms with E-state index in [1.165, 1.54) is 42.8 Å². The third-order valence-electron chi connectivity index (χ3n) is 5.28. The summed E-state index contributed by atoms with van der Waals surface area (Å²) in [5, 5.41) is 3.20. The minimum absolute atomic E-state index is 0.0375. The van der Waals surface area contributed by atoms with Crippen molar-refractivity contribution in [2.45, 2.75) is 37.4 Å². The molecule has 2 aromatic rings. The van der Waals surface area contributed by atoms with Crippen LogP contribution in [0.15, 0.2) is 29.6 Å². The van der Waals surface area contributed by atoms with E-state index in [0.29, 0.717) is 16.9 Å². The van der Waals surface area contributed by atoms with E-state index < -0.39 is 35.9 Å². The monoisotopic (exact) mass is 460 g/mol. The van der Waals surface area contributed by atoms with Crippen LogP contribution in [0.3, 0.4) is 0 Å². The maximum atomic E-state index is 13.9. The number of alkyl halides is 5. The normalized spacial score (nSPS) is 18.7. The fraction of sp³-hybridized carbons (Fsp3) is 0.450. The molecule has 0 aliphatic carbocycles. The first-order valence-electron chi connectivity index (χ1n) is 9.45. The highest BCUT2D eigenvalue weighted by atomic mass is 32.2. The van der Waals surface area contributed by atoms with Gasteiger partial charge in [0.15, 0.2) is 0 Å². The van der Waals surface area contributed by atoms with Gasteiger partial charge in [0.25, 0.3) is 11.8 Å². The van der Waals surface area contributed by atoms with Crippen LogP contribution in [0, 0.1) is 12.8 Å². The number of halogens is 5. The molecule has 2 aromatic heterocycles. The Bertz CT molecular complexity index is 983. The average Bonchev–Trinajstić information content (AvgIpc) is 2.68. The van der Waals surface area contributed by atoms with Crippen LogP contribution in [0.25, 0.3) is 0 Å². The number of hydrogen-bond donors (Lipinski definition) is 1. The van der Waals surface area contributed by atoms with Crippen molar-refractivity contribution < 1.29 is 26.7 Å². The van der Waals surface area contributed by atoms with Crippen LogP contribution in [0.2, 0.25) is 0 Å². The van der Waals surface area contributed by atoms with Gasteiger partial charge in [-0.15, -0.1) is 11.8 Å². The van der Waals surface area contributed by atoms with Crippen LogP contribution in [0.4, 0.5) is 33.5 Å². The fourth-order valence-corrected chi connectivity index (χ4v) is 3.87. The molecule has 3 rings (SSSR count). The first-order valence-corrected chi connectivity index (χ1v) is 10.7. The number of nitrogens with one attached hydrogen (secondary N) is 1. The lowest BCUT2D eigenvalue weighted by molar-refractivity contribution is -0.138. The standard InChI is InChI=1S/C20H21F5N4OS/c1-11-10-29(7-5-19(11,21)22)17-16(12(2)14(9-27-17)20(23,24)25)18(30)28-13-4-6-26-15(8-13)31-3/h4,6,8-9,11H,5,7,10H2,1-3H3,(H,26,28,30). The zero-order valence-electron chi connectivity index (χ0n) is 17.1. The summed E-state index contributed by atoms with van der Waals surface area (Å²) in [6.45, 7) is 2.30. The van der Waals surface area contributed by atoms with E-state index in [4.69, 9.17) is 0 Å². The average molecular weight is 460 g/mol. The summed E-state index contributed by atoms with van der Waals surface area (Å²) < 4.78 is 68.2. The second kappa shape index (κ2) is 8.60. The summed E-state index contributed by atoms with van der Waals surface area (Å²) >= 11 is 1.34. The number of piperidine rings is 1. The number of carbonyl (C=O) groups excluding carboxylic acids is 1. The van der Waals surface area contributed by atoms with Crippen LogP contribution < -0.4 is 10.2 Å². The lowest BCUT2D eigenvalue weighted by Crippen LogP contribution is -2.47. The summed E-state index contributed by atoms with van der Waals surface area (Å²) in [6.07, 6.45) is -1.28. The second-order valence-corrected chi connectivity index (χ2v) is 8.22. The number of thioether (sulfide) groups is 1. The van der Waals surface area contributed by atoms with Crippen molar-refractivity contribution in [1.29, 1.82) is 0 Å². The molecular weight excluding hydrogens is 439 g/mol. The maximum absolute atomic E-state index is 13.9. The molecule has 3 heterocycles. The first kappa shape index (κ1) is 23.2. The predicted molar refractivity (Wildman–Crippen MR) is 109 cm³/mol. The fourth-order valence-electron chi connectivity index (χ4n) is 3.46. The van der Waals surface area contributed by atoms with Gasteiger partial charge in [0.2, 0.25) is 0 Å². The summed E-state index contributed by atoms with van der Waals surface area (Å²) in [7, 11) is 0. The van der Waals surface area contributed by atoms with Gasteiger partial charge in [-0.2, -0.15) is 13.2 Å². The van der Waals surface area contributed by atoms with Crippen molar-refractivity contribution in [3.05, 3.63) is 41.2 Å². The van der Waals surface area contributed by atoms with Crippen molar-refractivity contribution in [2.75, 3.05) is 29.6 Å². The van der Waals surface area contributed by atoms with Gasteiger partial charge in [-0.25, -0.2) is 18.7 Å². The third-order valence-corrected chi connectivity index (χ3v) is 5.92. The Labute approximate surface area is 180 Å². The molecule has 168 valence electrons. The van der Waals surface area contributed by atoms with E-state index in [2.05, 4.69) is 15.3 Å². The van der Waals surface area contributed by atoms with Gasteiger partial charge in [0.1, 0.15) is 5.82 Å². The number of rotatable bonds is 4. The Balaban J connectivity index is 2.04. The molecule has 0 bridgehead atoms. The third kappa shape index (κ3) is 4.91. The van der Waals surface area contributed by atoms with Gasteiger partial charge in [0, 0.05) is 43.5 Å². The molecule has 1 fully saturated rings. The lowest BCUT2D eigenvalue weighted by atomic mass is 9.94. The smallest absolute Gasteiger partial charge is 0.355 e. The molecule has 31 heavy (non-hydrogen) atoms. The Morgan fingerprint density at radius 3 is 2.65 bits per heavy atom. The van der Waals surface area contributed by atoms with Crippen LogP contribution in [-0.4, -0.2) is 41.1 Å². The van der Waals surface area contributed by atoms with Gasteiger partial charge in [0.05, 0.1) is 16.2 Å². The molecule has 0 aromatic carbocycles. The molecule has 1 saturated heterocycles. The number of amides is 1. The maximum Gasteiger partial charge on any atom is 0.418 e. The number of anilines is 2. The molecule has 0 saturated carbocycles. The van der Waals surface area contributed by atoms with Crippen LogP contribution in [0.5, 0.6) is 0 Å². The quantitative estimate of drug-likeness (QED) is 0.498. The molecule has 11 heteroatoms. The van der Waals surface area contributed by atoms with Crippen molar-refractivity contribution in [3.8, 4) is 0 Å². The molecular formula is C20H21F5N4OS. The summed E-state index contributed by atoms with van der Waals surface area (Å²) in [5.74, 6) is -4.75. The van der Waals surface area contributed by atoms with Gasteiger partial charge in [-0.05, 0) is 30.9 Å². The van der Waals surface area contributed by atoms with E-state index in [1.807, 2.05) is 0 Å². The lowest BCUT2D eigenvalue weighted by Gasteiger charge is -2.38. The number of aromatic nitrogens is 2. The molecule has 1 amide bonds. The number of pyridine rings is 2. The van der Waals surface area contributed by atoms with E-state index in [-0.39, 0.29) is 30.0 Å². The summed E-state index contributed by atoms with van der Waals surface area (Å²) in [4.78, 5) is 22.5. The molecule has 1 N–H and O–H groups in total. The Morgan fingerprint density at radius 1 is 1.32 bits per heavy atom. The highest BCUT2D eigenvalue weighted by Gasteiger charge is 2.43. The van der Waals surface area contributed by atoms with Crippen molar-refractivity contribution >= 4 is 29.2 Å². The molecule has 1 aliphatic heterocycles. The zero-order chi connectivity index (χ0) is 23.0. The van der Waals surface area contributed by atoms with E-state index >= 15 is 0 Å². The SMILES string of the molecule is CSc1cc(NC(=O)c2c(N3CCC(F)(F)C(C)C3)ncc(C(F)(F)F)c2C)ccn1. The molecule has 1 unspecified atom stereocenters. The number of nitrogens with zero attached hydrogens (tertiary/aromatic N) is 3.